The van der Waals surface area contributed by atoms with Crippen LogP contribution in [-0.2, 0) is 5.54 Å². The lowest BCUT2D eigenvalue weighted by molar-refractivity contribution is 0.0638. The number of rotatable bonds is 5. The summed E-state index contributed by atoms with van der Waals surface area (Å²) < 4.78 is 1.93. The van der Waals surface area contributed by atoms with E-state index in [-0.39, 0.29) is 17.7 Å². The van der Waals surface area contributed by atoms with E-state index in [4.69, 9.17) is 0 Å². The Morgan fingerprint density at radius 1 is 1.29 bits per heavy atom. The van der Waals surface area contributed by atoms with Crippen LogP contribution < -0.4 is 0 Å². The summed E-state index contributed by atoms with van der Waals surface area (Å²) in [7, 11) is 0. The number of pyridine rings is 1. The van der Waals surface area contributed by atoms with Crippen LogP contribution in [0.5, 0.6) is 0 Å². The maximum Gasteiger partial charge on any atom is 0.175 e. The lowest BCUT2D eigenvalue weighted by Crippen LogP contribution is -2.41. The number of hydrogen-bond acceptors (Lipinski definition) is 6. The largest absolute Gasteiger partial charge is 0.393 e. The fourth-order valence-corrected chi connectivity index (χ4v) is 3.11. The minimum absolute atomic E-state index is 0.0977. The highest BCUT2D eigenvalue weighted by atomic mass is 16.3. The molecule has 1 atom stereocenters. The van der Waals surface area contributed by atoms with E-state index in [9.17, 15) is 5.11 Å². The van der Waals surface area contributed by atoms with Crippen LogP contribution in [0.4, 0.5) is 0 Å². The third-order valence-electron chi connectivity index (χ3n) is 5.01. The van der Waals surface area contributed by atoms with Crippen LogP contribution in [0.2, 0.25) is 0 Å². The zero-order valence-corrected chi connectivity index (χ0v) is 14.6. The molecule has 0 amide bonds. The summed E-state index contributed by atoms with van der Waals surface area (Å²) in [5.41, 5.74) is 0.776. The van der Waals surface area contributed by atoms with Gasteiger partial charge >= 0.3 is 0 Å². The molecule has 3 rings (SSSR count). The molecule has 2 aromatic heterocycles. The minimum atomic E-state index is -0.214. The number of likely N-dealkylation sites (tertiary alicyclic amines) is 1. The molecule has 0 radical (unpaired) electrons. The fourth-order valence-electron chi connectivity index (χ4n) is 3.11. The highest BCUT2D eigenvalue weighted by Gasteiger charge is 2.34. The van der Waals surface area contributed by atoms with Crippen LogP contribution >= 0.6 is 0 Å². The first kappa shape index (κ1) is 17.0. The summed E-state index contributed by atoms with van der Waals surface area (Å²) in [5.74, 6) is 0.817. The molecule has 7 nitrogen and oxygen atoms in total. The average molecular weight is 330 g/mol. The molecule has 24 heavy (non-hydrogen) atoms. The second kappa shape index (κ2) is 6.94. The van der Waals surface area contributed by atoms with Gasteiger partial charge in [0.2, 0.25) is 0 Å². The van der Waals surface area contributed by atoms with E-state index >= 15 is 0 Å². The molecule has 0 spiro atoms. The molecule has 0 aliphatic carbocycles. The SMILES string of the molecule is CCC(C)(C)n1nnnc1C(c1ccccn1)N1CCC(O)CC1. The summed E-state index contributed by atoms with van der Waals surface area (Å²) in [6.07, 6.45) is 4.05. The molecular weight excluding hydrogens is 304 g/mol. The normalized spacial score (nSPS) is 18.7. The van der Waals surface area contributed by atoms with Crippen LogP contribution in [0.25, 0.3) is 0 Å². The van der Waals surface area contributed by atoms with Gasteiger partial charge in [-0.15, -0.1) is 5.10 Å². The Morgan fingerprint density at radius 3 is 2.67 bits per heavy atom. The molecule has 7 heteroatoms. The van der Waals surface area contributed by atoms with Gasteiger partial charge in [-0.1, -0.05) is 13.0 Å². The maximum atomic E-state index is 9.84. The van der Waals surface area contributed by atoms with E-state index in [0.29, 0.717) is 0 Å². The van der Waals surface area contributed by atoms with E-state index in [2.05, 4.69) is 46.2 Å². The summed E-state index contributed by atoms with van der Waals surface area (Å²) in [4.78, 5) is 6.89. The van der Waals surface area contributed by atoms with E-state index in [1.54, 1.807) is 6.20 Å². The third-order valence-corrected chi connectivity index (χ3v) is 5.01. The predicted octanol–water partition coefficient (Wildman–Crippen LogP) is 1.76. The molecule has 1 aliphatic heterocycles. The second-order valence-electron chi connectivity index (χ2n) is 7.04. The standard InChI is InChI=1S/C17H26N6O/c1-4-17(2,3)23-16(19-20-21-23)15(14-7-5-6-10-18-14)22-11-8-13(24)9-12-22/h5-7,10,13,15,24H,4,8-9,11-12H2,1-3H3. The maximum absolute atomic E-state index is 9.84. The first-order valence-corrected chi connectivity index (χ1v) is 8.64. The van der Waals surface area contributed by atoms with Gasteiger partial charge in [0, 0.05) is 19.3 Å². The summed E-state index contributed by atoms with van der Waals surface area (Å²) in [6.45, 7) is 8.03. The van der Waals surface area contributed by atoms with Gasteiger partial charge in [-0.05, 0) is 55.7 Å². The highest BCUT2D eigenvalue weighted by molar-refractivity contribution is 5.18. The Morgan fingerprint density at radius 2 is 2.04 bits per heavy atom. The number of aliphatic hydroxyl groups excluding tert-OH is 1. The molecule has 130 valence electrons. The summed E-state index contributed by atoms with van der Waals surface area (Å²) in [5, 5.41) is 22.4. The van der Waals surface area contributed by atoms with Crippen molar-refractivity contribution >= 4 is 0 Å². The van der Waals surface area contributed by atoms with Crippen LogP contribution in [0, 0.1) is 0 Å². The van der Waals surface area contributed by atoms with Crippen molar-refractivity contribution in [2.75, 3.05) is 13.1 Å². The minimum Gasteiger partial charge on any atom is -0.393 e. The number of nitrogens with zero attached hydrogens (tertiary/aromatic N) is 6. The van der Waals surface area contributed by atoms with Gasteiger partial charge in [0.15, 0.2) is 5.82 Å². The van der Waals surface area contributed by atoms with Crippen molar-refractivity contribution in [2.45, 2.75) is 57.7 Å². The van der Waals surface area contributed by atoms with E-state index in [1.807, 2.05) is 22.9 Å². The van der Waals surface area contributed by atoms with Crippen LogP contribution in [0.15, 0.2) is 24.4 Å². The van der Waals surface area contributed by atoms with Crippen molar-refractivity contribution in [3.63, 3.8) is 0 Å². The second-order valence-corrected chi connectivity index (χ2v) is 7.04. The topological polar surface area (TPSA) is 80.0 Å². The number of aliphatic hydroxyl groups is 1. The highest BCUT2D eigenvalue weighted by Crippen LogP contribution is 2.31. The molecule has 1 saturated heterocycles. The smallest absolute Gasteiger partial charge is 0.175 e. The Bertz CT molecular complexity index is 648. The van der Waals surface area contributed by atoms with Crippen LogP contribution in [0.3, 0.4) is 0 Å². The molecule has 0 aromatic carbocycles. The number of hydrogen-bond donors (Lipinski definition) is 1. The van der Waals surface area contributed by atoms with Crippen molar-refractivity contribution in [2.24, 2.45) is 0 Å². The van der Waals surface area contributed by atoms with Crippen LogP contribution in [0.1, 0.15) is 57.6 Å². The molecular formula is C17H26N6O. The van der Waals surface area contributed by atoms with Crippen molar-refractivity contribution < 1.29 is 5.11 Å². The van der Waals surface area contributed by atoms with Gasteiger partial charge in [-0.2, -0.15) is 0 Å². The molecule has 3 heterocycles. The monoisotopic (exact) mass is 330 g/mol. The van der Waals surface area contributed by atoms with Crippen molar-refractivity contribution in [3.05, 3.63) is 35.9 Å². The molecule has 1 aliphatic rings. The quantitative estimate of drug-likeness (QED) is 0.900. The molecule has 2 aromatic rings. The zero-order valence-electron chi connectivity index (χ0n) is 14.6. The Hall–Kier alpha value is -1.86. The van der Waals surface area contributed by atoms with E-state index in [0.717, 1.165) is 43.9 Å². The first-order chi connectivity index (χ1) is 11.5. The molecule has 0 saturated carbocycles. The van der Waals surface area contributed by atoms with Crippen molar-refractivity contribution in [1.82, 2.24) is 30.1 Å². The first-order valence-electron chi connectivity index (χ1n) is 8.64. The number of aromatic nitrogens is 5. The van der Waals surface area contributed by atoms with Gasteiger partial charge in [-0.3, -0.25) is 9.88 Å². The van der Waals surface area contributed by atoms with Gasteiger partial charge in [0.1, 0.15) is 6.04 Å². The summed E-state index contributed by atoms with van der Waals surface area (Å²) >= 11 is 0. The Balaban J connectivity index is 2.02. The van der Waals surface area contributed by atoms with Crippen molar-refractivity contribution in [3.8, 4) is 0 Å². The summed E-state index contributed by atoms with van der Waals surface area (Å²) in [6, 6.07) is 5.83. The van der Waals surface area contributed by atoms with Crippen molar-refractivity contribution in [1.29, 1.82) is 0 Å². The molecule has 1 fully saturated rings. The van der Waals surface area contributed by atoms with E-state index in [1.165, 1.54) is 0 Å². The molecule has 0 bridgehead atoms. The van der Waals surface area contributed by atoms with Gasteiger partial charge in [0.05, 0.1) is 17.3 Å². The van der Waals surface area contributed by atoms with Gasteiger partial charge in [-0.25, -0.2) is 4.68 Å². The van der Waals surface area contributed by atoms with E-state index < -0.39 is 0 Å². The van der Waals surface area contributed by atoms with Gasteiger partial charge in [0.25, 0.3) is 0 Å². The lowest BCUT2D eigenvalue weighted by atomic mass is 9.99. The average Bonchev–Trinajstić information content (AvgIpc) is 3.08. The Kier molecular flexibility index (Phi) is 4.91. The number of piperidine rings is 1. The molecule has 1 unspecified atom stereocenters. The zero-order chi connectivity index (χ0) is 17.2. The predicted molar refractivity (Wildman–Crippen MR) is 90.3 cm³/mol. The van der Waals surface area contributed by atoms with Gasteiger partial charge < -0.3 is 5.11 Å². The third kappa shape index (κ3) is 3.32. The lowest BCUT2D eigenvalue weighted by Gasteiger charge is -2.36. The fraction of sp³-hybridized carbons (Fsp3) is 0.647. The Labute approximate surface area is 142 Å². The number of tetrazole rings is 1. The van der Waals surface area contributed by atoms with Crippen LogP contribution in [-0.4, -0.2) is 54.4 Å². The molecule has 1 N–H and O–H groups in total.